The minimum atomic E-state index is -4.38. The van der Waals surface area contributed by atoms with E-state index in [1.807, 2.05) is 36.2 Å². The number of amides is 1. The van der Waals surface area contributed by atoms with E-state index in [1.54, 1.807) is 11.8 Å². The molecule has 1 amide bonds. The molecule has 0 atom stereocenters. The highest BCUT2D eigenvalue weighted by atomic mass is 19.4. The fourth-order valence-electron chi connectivity index (χ4n) is 2.85. The van der Waals surface area contributed by atoms with Crippen LogP contribution in [0.25, 0.3) is 0 Å². The molecule has 0 spiro atoms. The van der Waals surface area contributed by atoms with Crippen molar-refractivity contribution in [2.75, 3.05) is 29.9 Å². The van der Waals surface area contributed by atoms with E-state index in [0.29, 0.717) is 18.8 Å². The first kappa shape index (κ1) is 16.4. The third-order valence-corrected chi connectivity index (χ3v) is 4.01. The maximum atomic E-state index is 12.8. The number of carbonyl (C=O) groups excluding carboxylic acids is 1. The summed E-state index contributed by atoms with van der Waals surface area (Å²) in [7, 11) is 1.94. The molecule has 128 valence electrons. The maximum absolute atomic E-state index is 12.8. The smallest absolute Gasteiger partial charge is 0.371 e. The molecule has 0 saturated heterocycles. The van der Waals surface area contributed by atoms with Crippen molar-refractivity contribution in [3.63, 3.8) is 0 Å². The number of hydrogen-bond acceptors (Lipinski definition) is 3. The van der Waals surface area contributed by atoms with Crippen molar-refractivity contribution in [1.82, 2.24) is 9.78 Å². The number of aromatic nitrogens is 2. The number of likely N-dealkylation sites (N-methyl/N-ethyl adjacent to an activating group) is 1. The number of anilines is 2. The number of rotatable bonds is 2. The van der Waals surface area contributed by atoms with Gasteiger partial charge in [0.25, 0.3) is 5.91 Å². The van der Waals surface area contributed by atoms with Gasteiger partial charge in [0.2, 0.25) is 0 Å². The number of nitrogens with zero attached hydrogens (tertiary/aromatic N) is 4. The molecule has 0 radical (unpaired) electrons. The molecule has 1 aromatic heterocycles. The summed E-state index contributed by atoms with van der Waals surface area (Å²) in [5.41, 5.74) is 2.15. The highest BCUT2D eigenvalue weighted by Crippen LogP contribution is 2.33. The average molecular weight is 338 g/mol. The molecule has 5 nitrogen and oxygen atoms in total. The largest absolute Gasteiger partial charge is 0.408 e. The van der Waals surface area contributed by atoms with Gasteiger partial charge in [0, 0.05) is 26.3 Å². The topological polar surface area (TPSA) is 41.4 Å². The first-order valence-corrected chi connectivity index (χ1v) is 7.49. The summed E-state index contributed by atoms with van der Waals surface area (Å²) in [6, 6.07) is 7.46. The summed E-state index contributed by atoms with van der Waals surface area (Å²) >= 11 is 0. The Hall–Kier alpha value is -2.51. The Labute approximate surface area is 137 Å². The number of aryl methyl sites for hydroxylation is 1. The first-order valence-electron chi connectivity index (χ1n) is 7.49. The highest BCUT2D eigenvalue weighted by Gasteiger charge is 2.31. The third kappa shape index (κ3) is 3.08. The third-order valence-electron chi connectivity index (χ3n) is 4.01. The second-order valence-electron chi connectivity index (χ2n) is 5.81. The van der Waals surface area contributed by atoms with E-state index in [2.05, 4.69) is 5.10 Å². The highest BCUT2D eigenvalue weighted by molar-refractivity contribution is 6.08. The summed E-state index contributed by atoms with van der Waals surface area (Å²) in [6.45, 7) is 1.46. The van der Waals surface area contributed by atoms with E-state index in [-0.39, 0.29) is 11.5 Å². The van der Waals surface area contributed by atoms with Crippen molar-refractivity contribution in [3.8, 4) is 0 Å². The summed E-state index contributed by atoms with van der Waals surface area (Å²) in [4.78, 5) is 16.5. The average Bonchev–Trinajstić information content (AvgIpc) is 2.86. The van der Waals surface area contributed by atoms with E-state index < -0.39 is 12.7 Å². The first-order chi connectivity index (χ1) is 11.3. The number of hydrogen-bond donors (Lipinski definition) is 0. The van der Waals surface area contributed by atoms with Crippen molar-refractivity contribution < 1.29 is 18.0 Å². The van der Waals surface area contributed by atoms with Crippen molar-refractivity contribution in [2.24, 2.45) is 0 Å². The Bertz CT molecular complexity index is 769. The lowest BCUT2D eigenvalue weighted by molar-refractivity contribution is -0.142. The minimum Gasteiger partial charge on any atom is -0.371 e. The van der Waals surface area contributed by atoms with Crippen LogP contribution in [0.2, 0.25) is 0 Å². The van der Waals surface area contributed by atoms with Gasteiger partial charge in [0.15, 0.2) is 0 Å². The van der Waals surface area contributed by atoms with E-state index in [4.69, 9.17) is 0 Å². The molecule has 0 fully saturated rings. The van der Waals surface area contributed by atoms with Crippen LogP contribution in [0, 0.1) is 6.92 Å². The van der Waals surface area contributed by atoms with Gasteiger partial charge in [-0.1, -0.05) is 12.1 Å². The normalized spacial score (nSPS) is 14.7. The quantitative estimate of drug-likeness (QED) is 0.845. The molecule has 0 aliphatic carbocycles. The summed E-state index contributed by atoms with van der Waals surface area (Å²) in [6.07, 6.45) is -3.20. The van der Waals surface area contributed by atoms with Crippen molar-refractivity contribution in [2.45, 2.75) is 19.6 Å². The van der Waals surface area contributed by atoms with Crippen molar-refractivity contribution >= 4 is 17.3 Å². The molecular formula is C16H17F3N4O. The van der Waals surface area contributed by atoms with Gasteiger partial charge >= 0.3 is 6.18 Å². The van der Waals surface area contributed by atoms with Crippen LogP contribution in [0.1, 0.15) is 16.1 Å². The Morgan fingerprint density at radius 1 is 1.21 bits per heavy atom. The van der Waals surface area contributed by atoms with Gasteiger partial charge in [-0.05, 0) is 19.1 Å². The fraction of sp³-hybridized carbons (Fsp3) is 0.375. The molecule has 2 aromatic rings. The van der Waals surface area contributed by atoms with Gasteiger partial charge in [-0.2, -0.15) is 18.3 Å². The van der Waals surface area contributed by atoms with E-state index in [1.165, 1.54) is 6.20 Å². The Morgan fingerprint density at radius 3 is 2.54 bits per heavy atom. The Balaban J connectivity index is 1.92. The number of para-hydroxylation sites is 2. The zero-order chi connectivity index (χ0) is 17.5. The van der Waals surface area contributed by atoms with Crippen LogP contribution in [-0.4, -0.2) is 42.0 Å². The predicted octanol–water partition coefficient (Wildman–Crippen LogP) is 2.85. The van der Waals surface area contributed by atoms with Gasteiger partial charge in [0.05, 0.1) is 22.6 Å². The summed E-state index contributed by atoms with van der Waals surface area (Å²) in [5.74, 6) is -0.332. The van der Waals surface area contributed by atoms with Crippen LogP contribution in [0.3, 0.4) is 0 Å². The SMILES string of the molecule is Cc1nn(CC(F)(F)F)cc1C(=O)N1CCN(C)c2ccccc21. The zero-order valence-corrected chi connectivity index (χ0v) is 13.3. The van der Waals surface area contributed by atoms with Crippen LogP contribution >= 0.6 is 0 Å². The monoisotopic (exact) mass is 338 g/mol. The summed E-state index contributed by atoms with van der Waals surface area (Å²) in [5, 5.41) is 3.82. The zero-order valence-electron chi connectivity index (χ0n) is 13.3. The molecule has 2 heterocycles. The van der Waals surface area contributed by atoms with Gasteiger partial charge < -0.3 is 9.80 Å². The lowest BCUT2D eigenvalue weighted by atomic mass is 10.1. The molecule has 1 aromatic carbocycles. The number of carbonyl (C=O) groups is 1. The molecule has 0 N–H and O–H groups in total. The molecule has 24 heavy (non-hydrogen) atoms. The number of alkyl halides is 3. The second kappa shape index (κ2) is 5.85. The molecule has 3 rings (SSSR count). The number of halogens is 3. The fourth-order valence-corrected chi connectivity index (χ4v) is 2.85. The standard InChI is InChI=1S/C16H17F3N4O/c1-11-12(9-22(20-11)10-16(17,18)19)15(24)23-8-7-21(2)13-5-3-4-6-14(13)23/h3-6,9H,7-8,10H2,1-2H3. The summed E-state index contributed by atoms with van der Waals surface area (Å²) < 4.78 is 38.3. The van der Waals surface area contributed by atoms with Gasteiger partial charge in [-0.25, -0.2) is 0 Å². The molecule has 1 aliphatic rings. The Morgan fingerprint density at radius 2 is 1.88 bits per heavy atom. The Kier molecular flexibility index (Phi) is 3.98. The molecule has 0 saturated carbocycles. The van der Waals surface area contributed by atoms with Crippen LogP contribution < -0.4 is 9.80 Å². The van der Waals surface area contributed by atoms with Gasteiger partial charge in [0.1, 0.15) is 6.54 Å². The van der Waals surface area contributed by atoms with E-state index in [0.717, 1.165) is 16.1 Å². The second-order valence-corrected chi connectivity index (χ2v) is 5.81. The number of fused-ring (bicyclic) bond motifs is 1. The van der Waals surface area contributed by atoms with Gasteiger partial charge in [-0.3, -0.25) is 9.48 Å². The van der Waals surface area contributed by atoms with Crippen molar-refractivity contribution in [1.29, 1.82) is 0 Å². The van der Waals surface area contributed by atoms with Crippen LogP contribution in [0.15, 0.2) is 30.5 Å². The van der Waals surface area contributed by atoms with E-state index >= 15 is 0 Å². The molecule has 8 heteroatoms. The predicted molar refractivity (Wildman–Crippen MR) is 84.4 cm³/mol. The lowest BCUT2D eigenvalue weighted by Crippen LogP contribution is -2.42. The van der Waals surface area contributed by atoms with Crippen molar-refractivity contribution in [3.05, 3.63) is 41.7 Å². The molecule has 1 aliphatic heterocycles. The van der Waals surface area contributed by atoms with E-state index in [9.17, 15) is 18.0 Å². The molecule has 0 unspecified atom stereocenters. The minimum absolute atomic E-state index is 0.193. The maximum Gasteiger partial charge on any atom is 0.408 e. The van der Waals surface area contributed by atoms with Gasteiger partial charge in [-0.15, -0.1) is 0 Å². The molecule has 0 bridgehead atoms. The van der Waals surface area contributed by atoms with Crippen LogP contribution in [-0.2, 0) is 6.54 Å². The van der Waals surface area contributed by atoms with Crippen LogP contribution in [0.4, 0.5) is 24.5 Å². The van der Waals surface area contributed by atoms with Crippen LogP contribution in [0.5, 0.6) is 0 Å². The lowest BCUT2D eigenvalue weighted by Gasteiger charge is -2.35. The number of benzene rings is 1. The molecular weight excluding hydrogens is 321 g/mol.